The summed E-state index contributed by atoms with van der Waals surface area (Å²) in [5, 5.41) is 6.16. The molecule has 0 unspecified atom stereocenters. The van der Waals surface area contributed by atoms with Crippen LogP contribution in [0.2, 0.25) is 15.1 Å². The van der Waals surface area contributed by atoms with Crippen molar-refractivity contribution in [2.45, 2.75) is 13.2 Å². The van der Waals surface area contributed by atoms with E-state index in [0.717, 1.165) is 26.9 Å². The molecule has 0 saturated carbocycles. The van der Waals surface area contributed by atoms with Gasteiger partial charge in [0, 0.05) is 20.6 Å². The normalized spacial score (nSPS) is 11.0. The summed E-state index contributed by atoms with van der Waals surface area (Å²) < 4.78 is 6.69. The molecule has 3 aromatic carbocycles. The fraction of sp³-hybridized carbons (Fsp3) is 0.0952. The molecule has 0 radical (unpaired) electrons. The molecule has 0 saturated heterocycles. The van der Waals surface area contributed by atoms with Crippen molar-refractivity contribution in [1.29, 1.82) is 0 Å². The third kappa shape index (κ3) is 5.89. The molecule has 1 N–H and O–H groups in total. The molecule has 3 rings (SSSR count). The Morgan fingerprint density at radius 1 is 0.964 bits per heavy atom. The summed E-state index contributed by atoms with van der Waals surface area (Å²) in [4.78, 5) is 0. The maximum atomic E-state index is 6.14. The Hall–Kier alpha value is -1.72. The lowest BCUT2D eigenvalue weighted by molar-refractivity contribution is 0.304. The number of hydrogen-bond acceptors (Lipinski definition) is 3. The second kappa shape index (κ2) is 10.2. The summed E-state index contributed by atoms with van der Waals surface area (Å²) in [6.45, 7) is 0.905. The molecule has 0 atom stereocenters. The molecule has 0 heterocycles. The molecule has 0 bridgehead atoms. The second-order valence-electron chi connectivity index (χ2n) is 5.90. The molecule has 0 fully saturated rings. The molecule has 28 heavy (non-hydrogen) atoms. The van der Waals surface area contributed by atoms with Gasteiger partial charge in [0.1, 0.15) is 12.4 Å². The fourth-order valence-corrected chi connectivity index (χ4v) is 3.57. The van der Waals surface area contributed by atoms with Crippen molar-refractivity contribution in [1.82, 2.24) is 5.43 Å². The Kier molecular flexibility index (Phi) is 7.63. The molecule has 3 aromatic rings. The van der Waals surface area contributed by atoms with Crippen molar-refractivity contribution >= 4 is 56.9 Å². The number of benzene rings is 3. The summed E-state index contributed by atoms with van der Waals surface area (Å²) in [6, 6.07) is 18.7. The Morgan fingerprint density at radius 2 is 1.68 bits per heavy atom. The van der Waals surface area contributed by atoms with Crippen LogP contribution >= 0.6 is 50.7 Å². The van der Waals surface area contributed by atoms with Crippen molar-refractivity contribution in [2.75, 3.05) is 0 Å². The molecular formula is C21H16BrCl3N2O. The zero-order valence-electron chi connectivity index (χ0n) is 14.6. The van der Waals surface area contributed by atoms with Gasteiger partial charge in [0.15, 0.2) is 0 Å². The number of nitrogens with zero attached hydrogens (tertiary/aromatic N) is 1. The van der Waals surface area contributed by atoms with Crippen LogP contribution in [0.3, 0.4) is 0 Å². The first-order valence-electron chi connectivity index (χ1n) is 8.38. The van der Waals surface area contributed by atoms with E-state index in [-0.39, 0.29) is 0 Å². The van der Waals surface area contributed by atoms with Crippen molar-refractivity contribution in [3.8, 4) is 5.75 Å². The van der Waals surface area contributed by atoms with Crippen molar-refractivity contribution < 1.29 is 4.74 Å². The zero-order chi connectivity index (χ0) is 19.9. The van der Waals surface area contributed by atoms with Crippen LogP contribution in [0, 0.1) is 0 Å². The van der Waals surface area contributed by atoms with Gasteiger partial charge in [-0.1, -0.05) is 53.0 Å². The number of hydrogen-bond donors (Lipinski definition) is 1. The van der Waals surface area contributed by atoms with E-state index in [2.05, 4.69) is 26.5 Å². The average molecular weight is 499 g/mol. The van der Waals surface area contributed by atoms with Gasteiger partial charge in [-0.25, -0.2) is 0 Å². The minimum Gasteiger partial charge on any atom is -0.488 e. The zero-order valence-corrected chi connectivity index (χ0v) is 18.5. The lowest BCUT2D eigenvalue weighted by Gasteiger charge is -2.09. The van der Waals surface area contributed by atoms with Crippen molar-refractivity contribution in [2.24, 2.45) is 5.10 Å². The van der Waals surface area contributed by atoms with Crippen LogP contribution in [0.5, 0.6) is 5.75 Å². The maximum Gasteiger partial charge on any atom is 0.134 e. The third-order valence-electron chi connectivity index (χ3n) is 3.89. The van der Waals surface area contributed by atoms with E-state index in [1.165, 1.54) is 0 Å². The van der Waals surface area contributed by atoms with Gasteiger partial charge in [0.05, 0.1) is 17.2 Å². The molecule has 0 spiro atoms. The monoisotopic (exact) mass is 496 g/mol. The van der Waals surface area contributed by atoms with Crippen LogP contribution in [-0.4, -0.2) is 6.21 Å². The predicted octanol–water partition coefficient (Wildman–Crippen LogP) is 7.11. The highest BCUT2D eigenvalue weighted by atomic mass is 79.9. The topological polar surface area (TPSA) is 33.6 Å². The summed E-state index contributed by atoms with van der Waals surface area (Å²) in [7, 11) is 0. The molecule has 0 amide bonds. The van der Waals surface area contributed by atoms with Gasteiger partial charge in [0.25, 0.3) is 0 Å². The number of rotatable bonds is 7. The van der Waals surface area contributed by atoms with Crippen LogP contribution in [0.1, 0.15) is 16.7 Å². The minimum absolute atomic E-state index is 0.443. The number of ether oxygens (including phenoxy) is 1. The van der Waals surface area contributed by atoms with Gasteiger partial charge < -0.3 is 10.2 Å². The standard InChI is InChI=1S/C21H16BrCl3N2O/c22-18-10-15(11-26-27-12-17-19(24)2-1-3-20(17)25)6-9-21(18)28-13-14-4-7-16(23)8-5-14/h1-11,27H,12-13H2/b26-11-. The first kappa shape index (κ1) is 21.0. The van der Waals surface area contributed by atoms with Crippen LogP contribution in [0.15, 0.2) is 70.2 Å². The highest BCUT2D eigenvalue weighted by Crippen LogP contribution is 2.27. The van der Waals surface area contributed by atoms with E-state index in [0.29, 0.717) is 28.2 Å². The van der Waals surface area contributed by atoms with Crippen LogP contribution in [0.4, 0.5) is 0 Å². The molecule has 0 aromatic heterocycles. The fourth-order valence-electron chi connectivity index (χ4n) is 2.40. The molecule has 3 nitrogen and oxygen atoms in total. The lowest BCUT2D eigenvalue weighted by Crippen LogP contribution is -2.06. The van der Waals surface area contributed by atoms with Crippen LogP contribution < -0.4 is 10.2 Å². The third-order valence-corrected chi connectivity index (χ3v) is 5.47. The number of halogens is 4. The summed E-state index contributed by atoms with van der Waals surface area (Å²) in [5.74, 6) is 0.753. The van der Waals surface area contributed by atoms with E-state index < -0.39 is 0 Å². The Labute approximate surface area is 187 Å². The maximum absolute atomic E-state index is 6.14. The average Bonchev–Trinajstić information content (AvgIpc) is 2.67. The SMILES string of the molecule is Clc1ccc(COc2ccc(/C=N\NCc3c(Cl)cccc3Cl)cc2Br)cc1. The highest BCUT2D eigenvalue weighted by molar-refractivity contribution is 9.10. The van der Waals surface area contributed by atoms with Crippen LogP contribution in [0.25, 0.3) is 0 Å². The molecule has 0 aliphatic heterocycles. The highest BCUT2D eigenvalue weighted by Gasteiger charge is 2.05. The molecule has 144 valence electrons. The van der Waals surface area contributed by atoms with E-state index in [1.54, 1.807) is 18.3 Å². The van der Waals surface area contributed by atoms with Gasteiger partial charge in [-0.2, -0.15) is 5.10 Å². The Balaban J connectivity index is 1.56. The van der Waals surface area contributed by atoms with E-state index in [1.807, 2.05) is 48.5 Å². The largest absolute Gasteiger partial charge is 0.488 e. The van der Waals surface area contributed by atoms with Gasteiger partial charge in [-0.05, 0) is 69.5 Å². The quantitative estimate of drug-likeness (QED) is 0.278. The summed E-state index contributed by atoms with van der Waals surface area (Å²) in [6.07, 6.45) is 1.72. The molecule has 0 aliphatic carbocycles. The van der Waals surface area contributed by atoms with E-state index in [9.17, 15) is 0 Å². The lowest BCUT2D eigenvalue weighted by atomic mass is 10.2. The van der Waals surface area contributed by atoms with Gasteiger partial charge in [-0.15, -0.1) is 0 Å². The Bertz CT molecular complexity index is 958. The van der Waals surface area contributed by atoms with E-state index in [4.69, 9.17) is 39.5 Å². The molecule has 0 aliphatic rings. The summed E-state index contributed by atoms with van der Waals surface area (Å²) >= 11 is 21.7. The molecular weight excluding hydrogens is 483 g/mol. The van der Waals surface area contributed by atoms with Crippen molar-refractivity contribution in [3.63, 3.8) is 0 Å². The molecule has 7 heteroatoms. The van der Waals surface area contributed by atoms with E-state index >= 15 is 0 Å². The smallest absolute Gasteiger partial charge is 0.134 e. The minimum atomic E-state index is 0.443. The van der Waals surface area contributed by atoms with Gasteiger partial charge in [0.2, 0.25) is 0 Å². The van der Waals surface area contributed by atoms with Gasteiger partial charge in [-0.3, -0.25) is 0 Å². The second-order valence-corrected chi connectivity index (χ2v) is 8.00. The van der Waals surface area contributed by atoms with Crippen LogP contribution in [-0.2, 0) is 13.2 Å². The predicted molar refractivity (Wildman–Crippen MR) is 121 cm³/mol. The van der Waals surface area contributed by atoms with Crippen molar-refractivity contribution in [3.05, 3.63) is 96.9 Å². The summed E-state index contributed by atoms with van der Waals surface area (Å²) in [5.41, 5.74) is 5.74. The number of hydrazone groups is 1. The van der Waals surface area contributed by atoms with Gasteiger partial charge >= 0.3 is 0 Å². The Morgan fingerprint density at radius 3 is 2.36 bits per heavy atom. The first-order valence-corrected chi connectivity index (χ1v) is 10.3. The first-order chi connectivity index (χ1) is 13.5. The number of nitrogens with one attached hydrogen (secondary N) is 1.